The van der Waals surface area contributed by atoms with Gasteiger partial charge in [0.2, 0.25) is 0 Å². The van der Waals surface area contributed by atoms with Crippen LogP contribution in [0, 0.1) is 0 Å². The first-order chi connectivity index (χ1) is 9.20. The van der Waals surface area contributed by atoms with Crippen LogP contribution in [0.15, 0.2) is 36.9 Å². The second kappa shape index (κ2) is 5.99. The van der Waals surface area contributed by atoms with E-state index in [4.69, 9.17) is 0 Å². The van der Waals surface area contributed by atoms with Gasteiger partial charge in [-0.15, -0.1) is 0 Å². The van der Waals surface area contributed by atoms with Crippen molar-refractivity contribution in [2.45, 2.75) is 19.9 Å². The quantitative estimate of drug-likeness (QED) is 0.877. The van der Waals surface area contributed by atoms with Gasteiger partial charge >= 0.3 is 6.03 Å². The third kappa shape index (κ3) is 3.31. The number of amides is 2. The molecule has 1 atom stereocenters. The molecule has 0 radical (unpaired) electrons. The minimum atomic E-state index is -0.157. The molecule has 0 saturated carbocycles. The summed E-state index contributed by atoms with van der Waals surface area (Å²) in [5, 5.41) is 9.63. The Kier molecular flexibility index (Phi) is 4.12. The summed E-state index contributed by atoms with van der Waals surface area (Å²) in [7, 11) is 0. The van der Waals surface area contributed by atoms with E-state index in [2.05, 4.69) is 20.7 Å². The van der Waals surface area contributed by atoms with Crippen molar-refractivity contribution in [3.63, 3.8) is 0 Å². The van der Waals surface area contributed by atoms with Crippen molar-refractivity contribution in [3.8, 4) is 5.69 Å². The average molecular weight is 259 g/mol. The Balaban J connectivity index is 2.04. The van der Waals surface area contributed by atoms with Crippen molar-refractivity contribution < 1.29 is 4.79 Å². The molecule has 1 heterocycles. The Morgan fingerprint density at radius 1 is 1.37 bits per heavy atom. The van der Waals surface area contributed by atoms with Gasteiger partial charge < -0.3 is 10.6 Å². The molecule has 100 valence electrons. The first kappa shape index (κ1) is 13.1. The summed E-state index contributed by atoms with van der Waals surface area (Å²) in [6.45, 7) is 4.45. The molecule has 0 unspecified atom stereocenters. The number of benzene rings is 1. The van der Waals surface area contributed by atoms with Gasteiger partial charge in [0.1, 0.15) is 12.7 Å². The van der Waals surface area contributed by atoms with Gasteiger partial charge in [-0.1, -0.05) is 12.1 Å². The van der Waals surface area contributed by atoms with Gasteiger partial charge in [-0.25, -0.2) is 14.5 Å². The Labute approximate surface area is 111 Å². The molecule has 0 bridgehead atoms. The smallest absolute Gasteiger partial charge is 0.315 e. The highest BCUT2D eigenvalue weighted by Gasteiger charge is 2.08. The third-order valence-electron chi connectivity index (χ3n) is 2.76. The lowest BCUT2D eigenvalue weighted by molar-refractivity contribution is 0.238. The summed E-state index contributed by atoms with van der Waals surface area (Å²) in [6, 6.07) is 7.62. The number of hydrogen-bond donors (Lipinski definition) is 2. The van der Waals surface area contributed by atoms with E-state index >= 15 is 0 Å². The van der Waals surface area contributed by atoms with Crippen LogP contribution in [-0.4, -0.2) is 27.3 Å². The first-order valence-electron chi connectivity index (χ1n) is 6.20. The molecule has 2 amide bonds. The number of hydrogen-bond acceptors (Lipinski definition) is 3. The lowest BCUT2D eigenvalue weighted by Gasteiger charge is -2.15. The zero-order valence-corrected chi connectivity index (χ0v) is 11.0. The molecule has 0 spiro atoms. The van der Waals surface area contributed by atoms with Crippen LogP contribution in [0.5, 0.6) is 0 Å². The summed E-state index contributed by atoms with van der Waals surface area (Å²) in [6.07, 6.45) is 3.14. The van der Waals surface area contributed by atoms with E-state index in [-0.39, 0.29) is 12.1 Å². The minimum Gasteiger partial charge on any atom is -0.338 e. The number of nitrogens with one attached hydrogen (secondary N) is 2. The van der Waals surface area contributed by atoms with E-state index in [9.17, 15) is 4.79 Å². The summed E-state index contributed by atoms with van der Waals surface area (Å²) in [5.41, 5.74) is 1.97. The molecule has 0 aliphatic carbocycles. The highest BCUT2D eigenvalue weighted by Crippen LogP contribution is 2.14. The summed E-state index contributed by atoms with van der Waals surface area (Å²) in [5.74, 6) is 0. The second-order valence-electron chi connectivity index (χ2n) is 4.16. The Morgan fingerprint density at radius 2 is 2.11 bits per heavy atom. The molecule has 1 aromatic carbocycles. The second-order valence-corrected chi connectivity index (χ2v) is 4.16. The third-order valence-corrected chi connectivity index (χ3v) is 2.76. The molecule has 6 nitrogen and oxygen atoms in total. The maximum absolute atomic E-state index is 11.4. The van der Waals surface area contributed by atoms with Crippen LogP contribution >= 0.6 is 0 Å². The SMILES string of the molecule is CCNC(=O)N[C@H](C)c1ccc(-n2cncn2)cc1. The van der Waals surface area contributed by atoms with E-state index in [0.717, 1.165) is 11.3 Å². The molecule has 0 aliphatic heterocycles. The van der Waals surface area contributed by atoms with Crippen LogP contribution in [0.4, 0.5) is 4.79 Å². The molecule has 6 heteroatoms. The molecule has 0 saturated heterocycles. The monoisotopic (exact) mass is 259 g/mol. The summed E-state index contributed by atoms with van der Waals surface area (Å²) < 4.78 is 1.69. The van der Waals surface area contributed by atoms with Gasteiger partial charge in [-0.2, -0.15) is 5.10 Å². The molecule has 0 aliphatic rings. The Hall–Kier alpha value is -2.37. The molecule has 2 N–H and O–H groups in total. The van der Waals surface area contributed by atoms with Crippen LogP contribution < -0.4 is 10.6 Å². The van der Waals surface area contributed by atoms with E-state index in [1.54, 1.807) is 11.0 Å². The molecule has 2 aromatic rings. The fourth-order valence-electron chi connectivity index (χ4n) is 1.75. The van der Waals surface area contributed by atoms with Crippen molar-refractivity contribution in [2.24, 2.45) is 0 Å². The fourth-order valence-corrected chi connectivity index (χ4v) is 1.75. The van der Waals surface area contributed by atoms with Crippen LogP contribution in [0.25, 0.3) is 5.69 Å². The van der Waals surface area contributed by atoms with Gasteiger partial charge in [0.05, 0.1) is 11.7 Å². The Bertz CT molecular complexity index is 520. The number of carbonyl (C=O) groups is 1. The highest BCUT2D eigenvalue weighted by molar-refractivity contribution is 5.74. The van der Waals surface area contributed by atoms with Gasteiger partial charge in [0.15, 0.2) is 0 Å². The van der Waals surface area contributed by atoms with Gasteiger partial charge in [-0.3, -0.25) is 0 Å². The zero-order valence-electron chi connectivity index (χ0n) is 11.0. The van der Waals surface area contributed by atoms with Crippen molar-refractivity contribution in [2.75, 3.05) is 6.54 Å². The largest absolute Gasteiger partial charge is 0.338 e. The van der Waals surface area contributed by atoms with Crippen molar-refractivity contribution >= 4 is 6.03 Å². The molecular formula is C13H17N5O. The van der Waals surface area contributed by atoms with Crippen molar-refractivity contribution in [3.05, 3.63) is 42.5 Å². The van der Waals surface area contributed by atoms with Crippen molar-refractivity contribution in [1.82, 2.24) is 25.4 Å². The fraction of sp³-hybridized carbons (Fsp3) is 0.308. The number of nitrogens with zero attached hydrogens (tertiary/aromatic N) is 3. The molecule has 19 heavy (non-hydrogen) atoms. The summed E-state index contributed by atoms with van der Waals surface area (Å²) >= 11 is 0. The number of urea groups is 1. The van der Waals surface area contributed by atoms with E-state index in [1.165, 1.54) is 6.33 Å². The normalized spacial score (nSPS) is 11.9. The van der Waals surface area contributed by atoms with Crippen molar-refractivity contribution in [1.29, 1.82) is 0 Å². The molecule has 2 rings (SSSR count). The lowest BCUT2D eigenvalue weighted by Crippen LogP contribution is -2.36. The summed E-state index contributed by atoms with van der Waals surface area (Å²) in [4.78, 5) is 15.3. The predicted molar refractivity (Wildman–Crippen MR) is 72.0 cm³/mol. The average Bonchev–Trinajstić information content (AvgIpc) is 2.93. The highest BCUT2D eigenvalue weighted by atomic mass is 16.2. The van der Waals surface area contributed by atoms with Crippen LogP contribution in [0.2, 0.25) is 0 Å². The number of carbonyl (C=O) groups excluding carboxylic acids is 1. The van der Waals surface area contributed by atoms with Crippen LogP contribution in [0.3, 0.4) is 0 Å². The number of rotatable bonds is 4. The van der Waals surface area contributed by atoms with Gasteiger partial charge in [0, 0.05) is 6.54 Å². The standard InChI is InChI=1S/C13H17N5O/c1-3-15-13(19)17-10(2)11-4-6-12(7-5-11)18-9-14-8-16-18/h4-10H,3H2,1-2H3,(H2,15,17,19)/t10-/m1/s1. The van der Waals surface area contributed by atoms with Gasteiger partial charge in [-0.05, 0) is 31.5 Å². The molecular weight excluding hydrogens is 242 g/mol. The Morgan fingerprint density at radius 3 is 2.68 bits per heavy atom. The van der Waals surface area contributed by atoms with E-state index < -0.39 is 0 Å². The topological polar surface area (TPSA) is 71.8 Å². The maximum Gasteiger partial charge on any atom is 0.315 e. The first-order valence-corrected chi connectivity index (χ1v) is 6.20. The van der Waals surface area contributed by atoms with Crippen LogP contribution in [0.1, 0.15) is 25.5 Å². The molecule has 1 aromatic heterocycles. The predicted octanol–water partition coefficient (Wildman–Crippen LogP) is 1.65. The lowest BCUT2D eigenvalue weighted by atomic mass is 10.1. The van der Waals surface area contributed by atoms with Gasteiger partial charge in [0.25, 0.3) is 0 Å². The number of aromatic nitrogens is 3. The molecule has 0 fully saturated rings. The zero-order chi connectivity index (χ0) is 13.7. The maximum atomic E-state index is 11.4. The minimum absolute atomic E-state index is 0.0450. The van der Waals surface area contributed by atoms with E-state index in [0.29, 0.717) is 6.54 Å². The van der Waals surface area contributed by atoms with E-state index in [1.807, 2.05) is 38.1 Å². The van der Waals surface area contributed by atoms with Crippen LogP contribution in [-0.2, 0) is 0 Å².